The Labute approximate surface area is 88.5 Å². The van der Waals surface area contributed by atoms with Crippen LogP contribution in [-0.4, -0.2) is 23.1 Å². The molecule has 82 valence electrons. The highest BCUT2D eigenvalue weighted by molar-refractivity contribution is 5.75. The van der Waals surface area contributed by atoms with Crippen LogP contribution in [-0.2, 0) is 0 Å². The number of nitrogens with two attached hydrogens (primary N) is 3. The number of rotatable bonds is 1. The molecule has 0 amide bonds. The van der Waals surface area contributed by atoms with Crippen molar-refractivity contribution in [2.24, 2.45) is 0 Å². The highest BCUT2D eigenvalue weighted by Gasteiger charge is 2.17. The topological polar surface area (TPSA) is 107 Å². The first-order chi connectivity index (χ1) is 7.18. The van der Waals surface area contributed by atoms with Gasteiger partial charge in [0.05, 0.1) is 0 Å². The summed E-state index contributed by atoms with van der Waals surface area (Å²) >= 11 is 0. The fourth-order valence-corrected chi connectivity index (χ4v) is 1.84. The molecule has 6 nitrogen and oxygen atoms in total. The monoisotopic (exact) mass is 208 g/mol. The van der Waals surface area contributed by atoms with E-state index in [1.165, 1.54) is 6.42 Å². The van der Waals surface area contributed by atoms with Crippen molar-refractivity contribution in [3.8, 4) is 0 Å². The van der Waals surface area contributed by atoms with Crippen LogP contribution >= 0.6 is 0 Å². The van der Waals surface area contributed by atoms with Crippen LogP contribution in [0.1, 0.15) is 19.3 Å². The number of hydrogen-bond acceptors (Lipinski definition) is 6. The summed E-state index contributed by atoms with van der Waals surface area (Å²) in [7, 11) is 0. The first-order valence-corrected chi connectivity index (χ1v) is 5.12. The molecule has 6 heteroatoms. The van der Waals surface area contributed by atoms with Gasteiger partial charge < -0.3 is 22.1 Å². The first kappa shape index (κ1) is 9.82. The summed E-state index contributed by atoms with van der Waals surface area (Å²) in [6.45, 7) is 1.92. The Morgan fingerprint density at radius 1 is 0.933 bits per heavy atom. The lowest BCUT2D eigenvalue weighted by Gasteiger charge is -2.28. The van der Waals surface area contributed by atoms with Gasteiger partial charge in [-0.15, -0.1) is 0 Å². The minimum atomic E-state index is 0.183. The molecule has 2 rings (SSSR count). The molecule has 0 unspecified atom stereocenters. The Kier molecular flexibility index (Phi) is 2.49. The third-order valence-corrected chi connectivity index (χ3v) is 2.63. The summed E-state index contributed by atoms with van der Waals surface area (Å²) in [6, 6.07) is 0. The van der Waals surface area contributed by atoms with Crippen LogP contribution in [0.25, 0.3) is 0 Å². The average Bonchev–Trinajstić information content (AvgIpc) is 2.24. The predicted octanol–water partition coefficient (Wildman–Crippen LogP) is 0.213. The van der Waals surface area contributed by atoms with Gasteiger partial charge in [-0.1, -0.05) is 0 Å². The van der Waals surface area contributed by atoms with Gasteiger partial charge >= 0.3 is 0 Å². The minimum absolute atomic E-state index is 0.183. The average molecular weight is 208 g/mol. The molecule has 1 fully saturated rings. The molecule has 1 saturated heterocycles. The van der Waals surface area contributed by atoms with Gasteiger partial charge in [0.2, 0.25) is 5.95 Å². The van der Waals surface area contributed by atoms with Crippen molar-refractivity contribution in [1.82, 2.24) is 9.97 Å². The van der Waals surface area contributed by atoms with Crippen LogP contribution in [0.15, 0.2) is 0 Å². The third kappa shape index (κ3) is 1.88. The number of nitrogens with zero attached hydrogens (tertiary/aromatic N) is 3. The predicted molar refractivity (Wildman–Crippen MR) is 61.3 cm³/mol. The number of nitrogen functional groups attached to an aromatic ring is 3. The molecule has 0 spiro atoms. The molecule has 1 aliphatic rings. The summed E-state index contributed by atoms with van der Waals surface area (Å²) in [5.74, 6) is 1.13. The molecule has 0 radical (unpaired) electrons. The number of aromatic nitrogens is 2. The van der Waals surface area contributed by atoms with E-state index in [0.29, 0.717) is 11.5 Å². The Hall–Kier alpha value is -1.72. The highest BCUT2D eigenvalue weighted by atomic mass is 15.2. The van der Waals surface area contributed by atoms with E-state index in [2.05, 4.69) is 14.9 Å². The molecule has 0 bridgehead atoms. The van der Waals surface area contributed by atoms with Crippen molar-refractivity contribution >= 4 is 23.3 Å². The van der Waals surface area contributed by atoms with E-state index in [-0.39, 0.29) is 11.8 Å². The zero-order valence-corrected chi connectivity index (χ0v) is 8.61. The van der Waals surface area contributed by atoms with E-state index < -0.39 is 0 Å². The standard InChI is InChI=1S/C9H16N6/c10-6-7(11)13-9(12)14-8(6)15-4-2-1-3-5-15/h1-5,10H2,(H4,11,12,13,14). The van der Waals surface area contributed by atoms with E-state index in [0.717, 1.165) is 25.9 Å². The van der Waals surface area contributed by atoms with Crippen molar-refractivity contribution in [2.75, 3.05) is 35.2 Å². The van der Waals surface area contributed by atoms with E-state index in [1.807, 2.05) is 0 Å². The van der Waals surface area contributed by atoms with Crippen LogP contribution in [0.2, 0.25) is 0 Å². The smallest absolute Gasteiger partial charge is 0.224 e. The number of hydrogen-bond donors (Lipinski definition) is 3. The van der Waals surface area contributed by atoms with Crippen molar-refractivity contribution in [3.05, 3.63) is 0 Å². The quantitative estimate of drug-likeness (QED) is 0.609. The molecule has 0 saturated carbocycles. The van der Waals surface area contributed by atoms with Gasteiger partial charge in [0, 0.05) is 13.1 Å². The van der Waals surface area contributed by atoms with E-state index in [1.54, 1.807) is 0 Å². The summed E-state index contributed by atoms with van der Waals surface area (Å²) < 4.78 is 0. The second-order valence-electron chi connectivity index (χ2n) is 3.75. The van der Waals surface area contributed by atoms with Gasteiger partial charge in [0.25, 0.3) is 0 Å². The number of piperidine rings is 1. The normalized spacial score (nSPS) is 16.7. The van der Waals surface area contributed by atoms with Gasteiger partial charge in [0.15, 0.2) is 11.6 Å². The lowest BCUT2D eigenvalue weighted by Crippen LogP contribution is -2.31. The molecule has 2 heterocycles. The summed E-state index contributed by atoms with van der Waals surface area (Å²) in [6.07, 6.45) is 3.57. The summed E-state index contributed by atoms with van der Waals surface area (Å²) in [4.78, 5) is 10.1. The lowest BCUT2D eigenvalue weighted by molar-refractivity contribution is 0.574. The lowest BCUT2D eigenvalue weighted by atomic mass is 10.1. The SMILES string of the molecule is Nc1nc(N)c(N)c(N2CCCCC2)n1. The molecule has 0 atom stereocenters. The maximum absolute atomic E-state index is 5.84. The third-order valence-electron chi connectivity index (χ3n) is 2.63. The van der Waals surface area contributed by atoms with Crippen molar-refractivity contribution in [3.63, 3.8) is 0 Å². The highest BCUT2D eigenvalue weighted by Crippen LogP contribution is 2.27. The Morgan fingerprint density at radius 3 is 2.27 bits per heavy atom. The second kappa shape index (κ2) is 3.80. The largest absolute Gasteiger partial charge is 0.393 e. The van der Waals surface area contributed by atoms with Crippen LogP contribution in [0.5, 0.6) is 0 Å². The second-order valence-corrected chi connectivity index (χ2v) is 3.75. The zero-order chi connectivity index (χ0) is 10.8. The molecule has 1 aliphatic heterocycles. The van der Waals surface area contributed by atoms with E-state index >= 15 is 0 Å². The van der Waals surface area contributed by atoms with Crippen molar-refractivity contribution in [1.29, 1.82) is 0 Å². The molecule has 6 N–H and O–H groups in total. The number of anilines is 4. The molecule has 1 aromatic heterocycles. The maximum Gasteiger partial charge on any atom is 0.224 e. The van der Waals surface area contributed by atoms with E-state index in [4.69, 9.17) is 17.2 Å². The van der Waals surface area contributed by atoms with Crippen molar-refractivity contribution in [2.45, 2.75) is 19.3 Å². The molecule has 0 aliphatic carbocycles. The Bertz CT molecular complexity index is 358. The molecule has 1 aromatic rings. The van der Waals surface area contributed by atoms with Crippen LogP contribution < -0.4 is 22.1 Å². The van der Waals surface area contributed by atoms with Gasteiger partial charge in [-0.05, 0) is 19.3 Å². The van der Waals surface area contributed by atoms with Gasteiger partial charge in [-0.25, -0.2) is 0 Å². The van der Waals surface area contributed by atoms with Crippen LogP contribution in [0.4, 0.5) is 23.3 Å². The molecule has 15 heavy (non-hydrogen) atoms. The van der Waals surface area contributed by atoms with Crippen LogP contribution in [0.3, 0.4) is 0 Å². The fourth-order valence-electron chi connectivity index (χ4n) is 1.84. The minimum Gasteiger partial charge on any atom is -0.393 e. The van der Waals surface area contributed by atoms with Crippen LogP contribution in [0, 0.1) is 0 Å². The first-order valence-electron chi connectivity index (χ1n) is 5.12. The van der Waals surface area contributed by atoms with E-state index in [9.17, 15) is 0 Å². The fraction of sp³-hybridized carbons (Fsp3) is 0.556. The van der Waals surface area contributed by atoms with Gasteiger partial charge in [-0.2, -0.15) is 9.97 Å². The summed E-state index contributed by atoms with van der Waals surface area (Å²) in [5.41, 5.74) is 17.5. The Morgan fingerprint density at radius 2 is 1.60 bits per heavy atom. The summed E-state index contributed by atoms with van der Waals surface area (Å²) in [5, 5.41) is 0. The van der Waals surface area contributed by atoms with Gasteiger partial charge in [-0.3, -0.25) is 0 Å². The Balaban J connectivity index is 2.33. The zero-order valence-electron chi connectivity index (χ0n) is 8.61. The van der Waals surface area contributed by atoms with Gasteiger partial charge in [0.1, 0.15) is 5.69 Å². The molecular weight excluding hydrogens is 192 g/mol. The maximum atomic E-state index is 5.84. The van der Waals surface area contributed by atoms with Crippen molar-refractivity contribution < 1.29 is 0 Å². The molecule has 0 aromatic carbocycles. The molecular formula is C9H16N6.